The number of hydrogen-bond acceptors (Lipinski definition) is 4. The van der Waals surface area contributed by atoms with Crippen LogP contribution in [0.5, 0.6) is 0 Å². The number of aryl methyl sites for hydroxylation is 2. The lowest BCUT2D eigenvalue weighted by Crippen LogP contribution is -2.49. The summed E-state index contributed by atoms with van der Waals surface area (Å²) < 4.78 is 26.5. The molecule has 1 fully saturated rings. The van der Waals surface area contributed by atoms with Crippen molar-refractivity contribution in [1.29, 1.82) is 0 Å². The number of amides is 1. The molecule has 0 atom stereocenters. The number of carbonyl (C=O) groups excluding carboxylic acids is 1. The molecule has 154 valence electrons. The number of rotatable bonds is 6. The lowest BCUT2D eigenvalue weighted by atomic mass is 10.1. The maximum Gasteiger partial charge on any atom is 0.238 e. The highest BCUT2D eigenvalue weighted by molar-refractivity contribution is 7.92. The van der Waals surface area contributed by atoms with Gasteiger partial charge in [-0.2, -0.15) is 4.31 Å². The Morgan fingerprint density at radius 1 is 1.03 bits per heavy atom. The number of nitrogens with zero attached hydrogens (tertiary/aromatic N) is 2. The number of sulfonamides is 1. The van der Waals surface area contributed by atoms with Crippen molar-refractivity contribution in [2.45, 2.75) is 13.8 Å². The minimum atomic E-state index is -3.47. The van der Waals surface area contributed by atoms with E-state index in [9.17, 15) is 13.2 Å². The lowest BCUT2D eigenvalue weighted by molar-refractivity contribution is -0.117. The molecule has 1 aliphatic heterocycles. The van der Waals surface area contributed by atoms with E-state index >= 15 is 0 Å². The van der Waals surface area contributed by atoms with Crippen LogP contribution in [0.2, 0.25) is 0 Å². The number of nitrogens with one attached hydrogen (secondary N) is 1. The summed E-state index contributed by atoms with van der Waals surface area (Å²) in [5.74, 6) is -0.0843. The average molecular weight is 414 g/mol. The quantitative estimate of drug-likeness (QED) is 0.791. The number of carbonyl (C=O) groups is 1. The Labute approximate surface area is 172 Å². The second kappa shape index (κ2) is 9.35. The van der Waals surface area contributed by atoms with Gasteiger partial charge in [0.15, 0.2) is 0 Å². The molecule has 1 amide bonds. The van der Waals surface area contributed by atoms with Gasteiger partial charge >= 0.3 is 0 Å². The summed E-state index contributed by atoms with van der Waals surface area (Å²) in [7, 11) is -3.47. The van der Waals surface area contributed by atoms with Crippen LogP contribution in [0, 0.1) is 13.8 Å². The normalized spacial score (nSPS) is 16.2. The van der Waals surface area contributed by atoms with Crippen molar-refractivity contribution in [2.75, 3.05) is 38.0 Å². The number of benzene rings is 2. The van der Waals surface area contributed by atoms with E-state index < -0.39 is 10.0 Å². The molecule has 0 bridgehead atoms. The highest BCUT2D eigenvalue weighted by Crippen LogP contribution is 2.17. The van der Waals surface area contributed by atoms with Crippen LogP contribution < -0.4 is 5.32 Å². The molecule has 29 heavy (non-hydrogen) atoms. The van der Waals surface area contributed by atoms with Crippen LogP contribution in [0.25, 0.3) is 6.08 Å². The van der Waals surface area contributed by atoms with Crippen molar-refractivity contribution in [3.63, 3.8) is 0 Å². The third-order valence-corrected chi connectivity index (χ3v) is 6.52. The second-order valence-corrected chi connectivity index (χ2v) is 9.12. The van der Waals surface area contributed by atoms with Gasteiger partial charge in [0, 0.05) is 37.3 Å². The van der Waals surface area contributed by atoms with E-state index in [1.54, 1.807) is 6.08 Å². The van der Waals surface area contributed by atoms with Gasteiger partial charge in [-0.05, 0) is 42.7 Å². The first-order valence-corrected chi connectivity index (χ1v) is 11.2. The molecule has 0 aromatic heterocycles. The summed E-state index contributed by atoms with van der Waals surface area (Å²) in [4.78, 5) is 14.4. The van der Waals surface area contributed by atoms with Gasteiger partial charge in [-0.3, -0.25) is 9.69 Å². The van der Waals surface area contributed by atoms with Crippen LogP contribution in [0.15, 0.2) is 53.9 Å². The maximum absolute atomic E-state index is 12.5. The molecule has 3 rings (SSSR count). The minimum Gasteiger partial charge on any atom is -0.325 e. The Kier molecular flexibility index (Phi) is 6.84. The molecule has 6 nitrogen and oxygen atoms in total. The van der Waals surface area contributed by atoms with Crippen LogP contribution in [0.4, 0.5) is 5.69 Å². The molecule has 0 saturated carbocycles. The van der Waals surface area contributed by atoms with Crippen molar-refractivity contribution in [3.8, 4) is 0 Å². The molecule has 1 aliphatic rings. The third kappa shape index (κ3) is 6.00. The highest BCUT2D eigenvalue weighted by Gasteiger charge is 2.26. The Bertz CT molecular complexity index is 980. The Balaban J connectivity index is 1.51. The van der Waals surface area contributed by atoms with Crippen molar-refractivity contribution >= 4 is 27.7 Å². The topological polar surface area (TPSA) is 69.7 Å². The summed E-state index contributed by atoms with van der Waals surface area (Å²) in [5, 5.41) is 4.21. The second-order valence-electron chi connectivity index (χ2n) is 7.30. The van der Waals surface area contributed by atoms with E-state index in [4.69, 9.17) is 0 Å². The van der Waals surface area contributed by atoms with Gasteiger partial charge in [0.1, 0.15) is 0 Å². The van der Waals surface area contributed by atoms with Crippen LogP contribution in [0.3, 0.4) is 0 Å². The molecule has 1 saturated heterocycles. The van der Waals surface area contributed by atoms with E-state index in [-0.39, 0.29) is 12.5 Å². The monoisotopic (exact) mass is 413 g/mol. The maximum atomic E-state index is 12.5. The standard InChI is InChI=1S/C22H27N3O3S/c1-18-8-9-19(2)21(16-18)23-22(26)17-24-11-13-25(14-12-24)29(27,28)15-10-20-6-4-3-5-7-20/h3-10,15-16H,11-14,17H2,1-2H3,(H,23,26)/b15-10+. The molecule has 2 aromatic rings. The predicted molar refractivity (Wildman–Crippen MR) is 117 cm³/mol. The van der Waals surface area contributed by atoms with E-state index in [0.29, 0.717) is 26.2 Å². The lowest BCUT2D eigenvalue weighted by Gasteiger charge is -2.32. The van der Waals surface area contributed by atoms with E-state index in [1.165, 1.54) is 9.71 Å². The van der Waals surface area contributed by atoms with Gasteiger partial charge in [0.25, 0.3) is 0 Å². The largest absolute Gasteiger partial charge is 0.325 e. The van der Waals surface area contributed by atoms with Gasteiger partial charge < -0.3 is 5.32 Å². The summed E-state index contributed by atoms with van der Waals surface area (Å²) in [5.41, 5.74) is 3.78. The zero-order valence-electron chi connectivity index (χ0n) is 16.8. The molecular formula is C22H27N3O3S. The van der Waals surface area contributed by atoms with Crippen LogP contribution in [0.1, 0.15) is 16.7 Å². The zero-order chi connectivity index (χ0) is 20.9. The van der Waals surface area contributed by atoms with Crippen LogP contribution in [-0.2, 0) is 14.8 Å². The average Bonchev–Trinajstić information content (AvgIpc) is 2.70. The summed E-state index contributed by atoms with van der Waals surface area (Å²) >= 11 is 0. The zero-order valence-corrected chi connectivity index (χ0v) is 17.7. The first-order chi connectivity index (χ1) is 13.8. The fourth-order valence-electron chi connectivity index (χ4n) is 3.22. The molecule has 0 aliphatic carbocycles. The van der Waals surface area contributed by atoms with E-state index in [1.807, 2.05) is 67.3 Å². The first kappa shape index (κ1) is 21.2. The number of piperazine rings is 1. The summed E-state index contributed by atoms with van der Waals surface area (Å²) in [6.45, 7) is 6.00. The third-order valence-electron chi connectivity index (χ3n) is 4.96. The van der Waals surface area contributed by atoms with Gasteiger partial charge in [-0.25, -0.2) is 8.42 Å². The molecule has 0 unspecified atom stereocenters. The van der Waals surface area contributed by atoms with Gasteiger partial charge in [0.2, 0.25) is 15.9 Å². The van der Waals surface area contributed by atoms with Gasteiger partial charge in [-0.1, -0.05) is 42.5 Å². The Morgan fingerprint density at radius 3 is 2.41 bits per heavy atom. The van der Waals surface area contributed by atoms with Crippen molar-refractivity contribution < 1.29 is 13.2 Å². The Hall–Kier alpha value is -2.48. The summed E-state index contributed by atoms with van der Waals surface area (Å²) in [6.07, 6.45) is 1.61. The minimum absolute atomic E-state index is 0.0843. The smallest absolute Gasteiger partial charge is 0.238 e. The van der Waals surface area contributed by atoms with Crippen molar-refractivity contribution in [1.82, 2.24) is 9.21 Å². The van der Waals surface area contributed by atoms with Crippen molar-refractivity contribution in [3.05, 3.63) is 70.6 Å². The number of hydrogen-bond donors (Lipinski definition) is 1. The molecule has 2 aromatic carbocycles. The fraction of sp³-hybridized carbons (Fsp3) is 0.318. The van der Waals surface area contributed by atoms with Crippen LogP contribution >= 0.6 is 0 Å². The predicted octanol–water partition coefficient (Wildman–Crippen LogP) is 2.86. The fourth-order valence-corrected chi connectivity index (χ4v) is 4.39. The SMILES string of the molecule is Cc1ccc(C)c(NC(=O)CN2CCN(S(=O)(=O)/C=C/c3ccccc3)CC2)c1. The van der Waals surface area contributed by atoms with Gasteiger partial charge in [-0.15, -0.1) is 0 Å². The van der Waals surface area contributed by atoms with Crippen molar-refractivity contribution in [2.24, 2.45) is 0 Å². The molecule has 1 N–H and O–H groups in total. The molecule has 0 spiro atoms. The van der Waals surface area contributed by atoms with E-state index in [0.717, 1.165) is 22.4 Å². The van der Waals surface area contributed by atoms with Gasteiger partial charge in [0.05, 0.1) is 6.54 Å². The first-order valence-electron chi connectivity index (χ1n) is 9.66. The Morgan fingerprint density at radius 2 is 1.72 bits per heavy atom. The number of anilines is 1. The molecular weight excluding hydrogens is 386 g/mol. The molecule has 7 heteroatoms. The molecule has 0 radical (unpaired) electrons. The summed E-state index contributed by atoms with van der Waals surface area (Å²) in [6, 6.07) is 15.3. The van der Waals surface area contributed by atoms with Crippen LogP contribution in [-0.4, -0.2) is 56.3 Å². The molecule has 1 heterocycles. The highest BCUT2D eigenvalue weighted by atomic mass is 32.2. The van der Waals surface area contributed by atoms with E-state index in [2.05, 4.69) is 5.32 Å².